The first-order valence-electron chi connectivity index (χ1n) is 6.89. The number of aryl methyl sites for hydroxylation is 1. The van der Waals surface area contributed by atoms with Crippen LogP contribution in [-0.4, -0.2) is 17.3 Å². The van der Waals surface area contributed by atoms with Crippen LogP contribution in [0, 0.1) is 0 Å². The summed E-state index contributed by atoms with van der Waals surface area (Å²) < 4.78 is 1.06. The number of halogens is 1. The zero-order valence-electron chi connectivity index (χ0n) is 11.6. The molecule has 0 aliphatic heterocycles. The van der Waals surface area contributed by atoms with Crippen LogP contribution in [0.15, 0.2) is 59.1 Å². The molecule has 0 fully saturated rings. The summed E-state index contributed by atoms with van der Waals surface area (Å²) in [5.41, 5.74) is 2.29. The lowest BCUT2D eigenvalue weighted by Gasteiger charge is -2.21. The lowest BCUT2D eigenvalue weighted by Crippen LogP contribution is -2.31. The molecule has 2 nitrogen and oxygen atoms in total. The Morgan fingerprint density at radius 1 is 1.05 bits per heavy atom. The summed E-state index contributed by atoms with van der Waals surface area (Å²) >= 11 is 3.41. The third-order valence-corrected chi connectivity index (χ3v) is 3.92. The lowest BCUT2D eigenvalue weighted by atomic mass is 10.0. The zero-order valence-corrected chi connectivity index (χ0v) is 13.2. The molecule has 0 spiro atoms. The summed E-state index contributed by atoms with van der Waals surface area (Å²) in [7, 11) is 0. The molecule has 0 aromatic heterocycles. The fourth-order valence-corrected chi connectivity index (χ4v) is 2.38. The van der Waals surface area contributed by atoms with E-state index in [1.54, 1.807) is 0 Å². The van der Waals surface area contributed by atoms with Gasteiger partial charge in [-0.2, -0.15) is 0 Å². The van der Waals surface area contributed by atoms with Crippen LogP contribution in [0.5, 0.6) is 0 Å². The minimum absolute atomic E-state index is 0.0277. The van der Waals surface area contributed by atoms with Crippen molar-refractivity contribution in [2.24, 2.45) is 0 Å². The second kappa shape index (κ2) is 7.46. The smallest absolute Gasteiger partial charge is 0.0741 e. The normalized spacial score (nSPS) is 13.8. The van der Waals surface area contributed by atoms with E-state index < -0.39 is 0 Å². The monoisotopic (exact) mass is 333 g/mol. The molecule has 0 heterocycles. The van der Waals surface area contributed by atoms with E-state index in [0.717, 1.165) is 23.0 Å². The molecule has 0 radical (unpaired) electrons. The number of anilines is 1. The van der Waals surface area contributed by atoms with Gasteiger partial charge >= 0.3 is 0 Å². The van der Waals surface area contributed by atoms with Crippen molar-refractivity contribution < 1.29 is 5.11 Å². The average Bonchev–Trinajstić information content (AvgIpc) is 2.48. The predicted octanol–water partition coefficient (Wildman–Crippen LogP) is 4.24. The van der Waals surface area contributed by atoms with Crippen molar-refractivity contribution in [3.05, 3.63) is 64.6 Å². The lowest BCUT2D eigenvalue weighted by molar-refractivity contribution is 0.148. The fourth-order valence-electron chi connectivity index (χ4n) is 2.11. The van der Waals surface area contributed by atoms with Gasteiger partial charge in [-0.3, -0.25) is 0 Å². The number of nitrogens with one attached hydrogen (secondary N) is 1. The highest BCUT2D eigenvalue weighted by Gasteiger charge is 2.13. The van der Waals surface area contributed by atoms with Crippen molar-refractivity contribution in [2.45, 2.75) is 31.9 Å². The molecule has 0 unspecified atom stereocenters. The van der Waals surface area contributed by atoms with E-state index in [1.165, 1.54) is 5.56 Å². The van der Waals surface area contributed by atoms with Gasteiger partial charge in [-0.25, -0.2) is 0 Å². The molecular formula is C17H20BrNO. The number of aliphatic hydroxyl groups excluding tert-OH is 1. The molecule has 0 amide bonds. The molecular weight excluding hydrogens is 314 g/mol. The van der Waals surface area contributed by atoms with Crippen LogP contribution < -0.4 is 5.32 Å². The molecule has 0 aliphatic carbocycles. The number of aliphatic hydroxyl groups is 1. The first-order valence-corrected chi connectivity index (χ1v) is 7.68. The molecule has 2 rings (SSSR count). The van der Waals surface area contributed by atoms with E-state index in [4.69, 9.17) is 0 Å². The van der Waals surface area contributed by atoms with Crippen molar-refractivity contribution in [1.82, 2.24) is 0 Å². The van der Waals surface area contributed by atoms with Gasteiger partial charge in [0.1, 0.15) is 0 Å². The van der Waals surface area contributed by atoms with Gasteiger partial charge in [-0.1, -0.05) is 46.3 Å². The topological polar surface area (TPSA) is 32.3 Å². The maximum Gasteiger partial charge on any atom is 0.0741 e. The highest BCUT2D eigenvalue weighted by atomic mass is 79.9. The maximum absolute atomic E-state index is 10.2. The van der Waals surface area contributed by atoms with Crippen LogP contribution in [0.25, 0.3) is 0 Å². The minimum Gasteiger partial charge on any atom is -0.391 e. The zero-order chi connectivity index (χ0) is 14.4. The summed E-state index contributed by atoms with van der Waals surface area (Å²) in [5, 5.41) is 13.6. The SMILES string of the molecule is C[C@@H](Nc1ccc(Br)cc1)[C@H](O)CCc1ccccc1. The van der Waals surface area contributed by atoms with E-state index in [2.05, 4.69) is 33.4 Å². The van der Waals surface area contributed by atoms with Crippen LogP contribution in [0.1, 0.15) is 18.9 Å². The number of benzene rings is 2. The van der Waals surface area contributed by atoms with Crippen LogP contribution in [0.3, 0.4) is 0 Å². The quantitative estimate of drug-likeness (QED) is 0.828. The number of hydrogen-bond acceptors (Lipinski definition) is 2. The standard InChI is InChI=1S/C17H20BrNO/c1-13(19-16-10-8-15(18)9-11-16)17(20)12-7-14-5-3-2-4-6-14/h2-6,8-11,13,17,19-20H,7,12H2,1H3/t13-,17-/m1/s1. The van der Waals surface area contributed by atoms with Crippen LogP contribution in [-0.2, 0) is 6.42 Å². The second-order valence-electron chi connectivity index (χ2n) is 5.03. The minimum atomic E-state index is -0.362. The van der Waals surface area contributed by atoms with Crippen molar-refractivity contribution in [1.29, 1.82) is 0 Å². The van der Waals surface area contributed by atoms with Gasteiger partial charge in [0.2, 0.25) is 0 Å². The van der Waals surface area contributed by atoms with Crippen LogP contribution in [0.4, 0.5) is 5.69 Å². The van der Waals surface area contributed by atoms with E-state index >= 15 is 0 Å². The average molecular weight is 334 g/mol. The van der Waals surface area contributed by atoms with E-state index in [1.807, 2.05) is 49.4 Å². The third-order valence-electron chi connectivity index (χ3n) is 3.39. The molecule has 0 aliphatic rings. The van der Waals surface area contributed by atoms with Gasteiger partial charge in [-0.15, -0.1) is 0 Å². The van der Waals surface area contributed by atoms with E-state index in [-0.39, 0.29) is 12.1 Å². The molecule has 3 heteroatoms. The highest BCUT2D eigenvalue weighted by molar-refractivity contribution is 9.10. The van der Waals surface area contributed by atoms with Gasteiger partial charge in [-0.05, 0) is 49.6 Å². The molecule has 2 aromatic carbocycles. The largest absolute Gasteiger partial charge is 0.391 e. The molecule has 0 saturated carbocycles. The first kappa shape index (κ1) is 15.1. The van der Waals surface area contributed by atoms with Gasteiger partial charge in [0.25, 0.3) is 0 Å². The van der Waals surface area contributed by atoms with Crippen molar-refractivity contribution in [2.75, 3.05) is 5.32 Å². The predicted molar refractivity (Wildman–Crippen MR) is 88.0 cm³/mol. The molecule has 2 N–H and O–H groups in total. The number of rotatable bonds is 6. The first-order chi connectivity index (χ1) is 9.65. The van der Waals surface area contributed by atoms with Crippen molar-refractivity contribution in [3.63, 3.8) is 0 Å². The molecule has 2 aromatic rings. The van der Waals surface area contributed by atoms with Gasteiger partial charge in [0, 0.05) is 16.2 Å². The summed E-state index contributed by atoms with van der Waals surface area (Å²) in [6, 6.07) is 18.3. The van der Waals surface area contributed by atoms with Gasteiger partial charge in [0.15, 0.2) is 0 Å². The van der Waals surface area contributed by atoms with E-state index in [0.29, 0.717) is 0 Å². The molecule has 20 heavy (non-hydrogen) atoms. The number of hydrogen-bond donors (Lipinski definition) is 2. The van der Waals surface area contributed by atoms with Crippen molar-refractivity contribution in [3.8, 4) is 0 Å². The van der Waals surface area contributed by atoms with Crippen LogP contribution in [0.2, 0.25) is 0 Å². The Morgan fingerprint density at radius 3 is 2.35 bits per heavy atom. The summed E-state index contributed by atoms with van der Waals surface area (Å²) in [4.78, 5) is 0. The maximum atomic E-state index is 10.2. The molecule has 106 valence electrons. The molecule has 0 saturated heterocycles. The third kappa shape index (κ3) is 4.66. The molecule has 0 bridgehead atoms. The Kier molecular flexibility index (Phi) is 5.62. The Morgan fingerprint density at radius 2 is 1.70 bits per heavy atom. The second-order valence-corrected chi connectivity index (χ2v) is 5.95. The summed E-state index contributed by atoms with van der Waals surface area (Å²) in [6.07, 6.45) is 1.29. The Bertz CT molecular complexity index is 512. The van der Waals surface area contributed by atoms with Crippen molar-refractivity contribution >= 4 is 21.6 Å². The fraction of sp³-hybridized carbons (Fsp3) is 0.294. The summed E-state index contributed by atoms with van der Waals surface area (Å²) in [5.74, 6) is 0. The molecule has 2 atom stereocenters. The Hall–Kier alpha value is -1.32. The van der Waals surface area contributed by atoms with Gasteiger partial charge in [0.05, 0.1) is 6.10 Å². The Labute approximate surface area is 129 Å². The highest BCUT2D eigenvalue weighted by Crippen LogP contribution is 2.16. The van der Waals surface area contributed by atoms with Gasteiger partial charge < -0.3 is 10.4 Å². The van der Waals surface area contributed by atoms with E-state index in [9.17, 15) is 5.11 Å². The van der Waals surface area contributed by atoms with Crippen LogP contribution >= 0.6 is 15.9 Å². The summed E-state index contributed by atoms with van der Waals surface area (Å²) in [6.45, 7) is 2.01. The Balaban J connectivity index is 1.82.